The number of nitrogens with two attached hydrogens (primary N) is 1. The van der Waals surface area contributed by atoms with E-state index >= 15 is 0 Å². The summed E-state index contributed by atoms with van der Waals surface area (Å²) in [5, 5.41) is 2.70. The highest BCUT2D eigenvalue weighted by Gasteiger charge is 2.13. The number of para-hydroxylation sites is 2. The van der Waals surface area contributed by atoms with E-state index in [4.69, 9.17) is 10.2 Å². The Kier molecular flexibility index (Phi) is 2.96. The van der Waals surface area contributed by atoms with Gasteiger partial charge in [0.15, 0.2) is 4.67 Å². The van der Waals surface area contributed by atoms with Crippen LogP contribution in [0.15, 0.2) is 45.7 Å². The molecular formula is C11H9BrN2O2. The molecule has 0 bridgehead atoms. The first-order valence-electron chi connectivity index (χ1n) is 4.57. The molecular weight excluding hydrogens is 272 g/mol. The molecule has 0 unspecified atom stereocenters. The maximum absolute atomic E-state index is 11.8. The number of carbonyl (C=O) groups excluding carboxylic acids is 1. The van der Waals surface area contributed by atoms with Gasteiger partial charge in [0.1, 0.15) is 0 Å². The van der Waals surface area contributed by atoms with Crippen LogP contribution in [0, 0.1) is 0 Å². The summed E-state index contributed by atoms with van der Waals surface area (Å²) in [7, 11) is 0. The number of rotatable bonds is 2. The Labute approximate surface area is 101 Å². The van der Waals surface area contributed by atoms with Crippen LogP contribution in [0.4, 0.5) is 11.4 Å². The third kappa shape index (κ3) is 2.09. The molecule has 0 aliphatic heterocycles. The van der Waals surface area contributed by atoms with E-state index in [0.29, 0.717) is 21.6 Å². The average molecular weight is 281 g/mol. The van der Waals surface area contributed by atoms with Crippen molar-refractivity contribution in [1.29, 1.82) is 0 Å². The summed E-state index contributed by atoms with van der Waals surface area (Å²) >= 11 is 3.14. The fourth-order valence-electron chi connectivity index (χ4n) is 1.26. The molecule has 82 valence electrons. The molecule has 1 amide bonds. The van der Waals surface area contributed by atoms with Gasteiger partial charge in [-0.25, -0.2) is 0 Å². The van der Waals surface area contributed by atoms with Gasteiger partial charge >= 0.3 is 0 Å². The zero-order chi connectivity index (χ0) is 11.5. The maximum Gasteiger partial charge on any atom is 0.260 e. The lowest BCUT2D eigenvalue weighted by Gasteiger charge is -2.06. The van der Waals surface area contributed by atoms with Crippen molar-refractivity contribution in [1.82, 2.24) is 0 Å². The number of carbonyl (C=O) groups is 1. The van der Waals surface area contributed by atoms with E-state index < -0.39 is 0 Å². The number of amides is 1. The second kappa shape index (κ2) is 4.40. The molecule has 0 saturated carbocycles. The molecule has 0 radical (unpaired) electrons. The van der Waals surface area contributed by atoms with Crippen LogP contribution in [0.1, 0.15) is 10.4 Å². The molecule has 0 fully saturated rings. The highest BCUT2D eigenvalue weighted by atomic mass is 79.9. The second-order valence-corrected chi connectivity index (χ2v) is 3.87. The Hall–Kier alpha value is -1.75. The van der Waals surface area contributed by atoms with Crippen molar-refractivity contribution in [2.24, 2.45) is 0 Å². The Morgan fingerprint density at radius 1 is 1.31 bits per heavy atom. The smallest absolute Gasteiger partial charge is 0.260 e. The van der Waals surface area contributed by atoms with Crippen LogP contribution in [0.3, 0.4) is 0 Å². The summed E-state index contributed by atoms with van der Waals surface area (Å²) in [5.41, 5.74) is 7.25. The van der Waals surface area contributed by atoms with Crippen molar-refractivity contribution in [2.45, 2.75) is 0 Å². The van der Waals surface area contributed by atoms with Gasteiger partial charge < -0.3 is 15.5 Å². The van der Waals surface area contributed by atoms with E-state index in [0.717, 1.165) is 0 Å². The highest BCUT2D eigenvalue weighted by Crippen LogP contribution is 2.21. The predicted molar refractivity (Wildman–Crippen MR) is 65.2 cm³/mol. The minimum absolute atomic E-state index is 0.265. The SMILES string of the molecule is Nc1ccccc1NC(=O)c1ccoc1Br. The van der Waals surface area contributed by atoms with Crippen molar-refractivity contribution in [3.8, 4) is 0 Å². The molecule has 2 aromatic rings. The van der Waals surface area contributed by atoms with Gasteiger partial charge in [-0.2, -0.15) is 0 Å². The van der Waals surface area contributed by atoms with Gasteiger partial charge in [0.25, 0.3) is 5.91 Å². The van der Waals surface area contributed by atoms with E-state index in [1.807, 2.05) is 0 Å². The van der Waals surface area contributed by atoms with Crippen molar-refractivity contribution in [3.05, 3.63) is 46.8 Å². The van der Waals surface area contributed by atoms with Crippen molar-refractivity contribution in [2.75, 3.05) is 11.1 Å². The molecule has 0 atom stereocenters. The topological polar surface area (TPSA) is 68.3 Å². The molecule has 16 heavy (non-hydrogen) atoms. The molecule has 5 heteroatoms. The van der Waals surface area contributed by atoms with Gasteiger partial charge in [-0.1, -0.05) is 12.1 Å². The fourth-order valence-corrected chi connectivity index (χ4v) is 1.68. The standard InChI is InChI=1S/C11H9BrN2O2/c12-10-7(5-6-16-10)11(15)14-9-4-2-1-3-8(9)13/h1-6H,13H2,(H,14,15). The maximum atomic E-state index is 11.8. The zero-order valence-electron chi connectivity index (χ0n) is 8.24. The molecule has 2 rings (SSSR count). The van der Waals surface area contributed by atoms with Crippen LogP contribution < -0.4 is 11.1 Å². The lowest BCUT2D eigenvalue weighted by Crippen LogP contribution is -2.12. The Bertz CT molecular complexity index is 522. The van der Waals surface area contributed by atoms with Crippen LogP contribution in [0.25, 0.3) is 0 Å². The van der Waals surface area contributed by atoms with Crippen LogP contribution >= 0.6 is 15.9 Å². The molecule has 3 N–H and O–H groups in total. The number of hydrogen-bond donors (Lipinski definition) is 2. The summed E-state index contributed by atoms with van der Waals surface area (Å²) in [4.78, 5) is 11.8. The fraction of sp³-hybridized carbons (Fsp3) is 0. The third-order valence-corrected chi connectivity index (χ3v) is 2.69. The molecule has 0 aliphatic rings. The van der Waals surface area contributed by atoms with Gasteiger partial charge in [-0.05, 0) is 34.1 Å². The van der Waals surface area contributed by atoms with Gasteiger partial charge in [-0.3, -0.25) is 4.79 Å². The summed E-state index contributed by atoms with van der Waals surface area (Å²) in [6, 6.07) is 8.65. The monoisotopic (exact) mass is 280 g/mol. The summed E-state index contributed by atoms with van der Waals surface area (Å²) in [6.45, 7) is 0. The Morgan fingerprint density at radius 2 is 2.06 bits per heavy atom. The number of halogens is 1. The lowest BCUT2D eigenvalue weighted by molar-refractivity contribution is 0.102. The van der Waals surface area contributed by atoms with E-state index in [1.54, 1.807) is 30.3 Å². The third-order valence-electron chi connectivity index (χ3n) is 2.07. The number of hydrogen-bond acceptors (Lipinski definition) is 3. The molecule has 1 heterocycles. The van der Waals surface area contributed by atoms with Crippen LogP contribution in [0.5, 0.6) is 0 Å². The van der Waals surface area contributed by atoms with Gasteiger partial charge in [0.05, 0.1) is 23.2 Å². The van der Waals surface area contributed by atoms with E-state index in [2.05, 4.69) is 21.2 Å². The predicted octanol–water partition coefficient (Wildman–Crippen LogP) is 2.88. The number of benzene rings is 1. The zero-order valence-corrected chi connectivity index (χ0v) is 9.82. The molecule has 1 aromatic carbocycles. The first-order valence-corrected chi connectivity index (χ1v) is 5.36. The Morgan fingerprint density at radius 3 is 2.69 bits per heavy atom. The van der Waals surface area contributed by atoms with Crippen LogP contribution in [0.2, 0.25) is 0 Å². The van der Waals surface area contributed by atoms with E-state index in [-0.39, 0.29) is 5.91 Å². The number of anilines is 2. The first kappa shape index (κ1) is 10.8. The van der Waals surface area contributed by atoms with Gasteiger partial charge in [-0.15, -0.1) is 0 Å². The normalized spacial score (nSPS) is 10.1. The Balaban J connectivity index is 2.21. The van der Waals surface area contributed by atoms with Crippen molar-refractivity contribution >= 4 is 33.2 Å². The molecule has 1 aromatic heterocycles. The molecule has 0 saturated heterocycles. The van der Waals surface area contributed by atoms with Crippen LogP contribution in [-0.2, 0) is 0 Å². The molecule has 0 spiro atoms. The minimum atomic E-state index is -0.265. The number of nitrogens with one attached hydrogen (secondary N) is 1. The largest absolute Gasteiger partial charge is 0.457 e. The summed E-state index contributed by atoms with van der Waals surface area (Å²) in [6.07, 6.45) is 1.44. The molecule has 0 aliphatic carbocycles. The highest BCUT2D eigenvalue weighted by molar-refractivity contribution is 9.10. The van der Waals surface area contributed by atoms with Crippen molar-refractivity contribution in [3.63, 3.8) is 0 Å². The van der Waals surface area contributed by atoms with Crippen LogP contribution in [-0.4, -0.2) is 5.91 Å². The number of furan rings is 1. The first-order chi connectivity index (χ1) is 7.68. The quantitative estimate of drug-likeness (QED) is 0.832. The summed E-state index contributed by atoms with van der Waals surface area (Å²) < 4.78 is 5.38. The summed E-state index contributed by atoms with van der Waals surface area (Å²) in [5.74, 6) is -0.265. The van der Waals surface area contributed by atoms with Gasteiger partial charge in [0, 0.05) is 0 Å². The lowest BCUT2D eigenvalue weighted by atomic mass is 10.2. The second-order valence-electron chi connectivity index (χ2n) is 3.15. The van der Waals surface area contributed by atoms with Crippen molar-refractivity contribution < 1.29 is 9.21 Å². The number of nitrogen functional groups attached to an aromatic ring is 1. The average Bonchev–Trinajstić information content (AvgIpc) is 2.68. The van der Waals surface area contributed by atoms with Gasteiger partial charge in [0.2, 0.25) is 0 Å². The van der Waals surface area contributed by atoms with E-state index in [1.165, 1.54) is 6.26 Å². The minimum Gasteiger partial charge on any atom is -0.457 e. The van der Waals surface area contributed by atoms with E-state index in [9.17, 15) is 4.79 Å². The molecule has 4 nitrogen and oxygen atoms in total.